The maximum atomic E-state index is 7.14. The Bertz CT molecular complexity index is 4320. The normalized spacial score (nSPS) is 16.7. The number of para-hydroxylation sites is 3. The van der Waals surface area contributed by atoms with Gasteiger partial charge in [-0.3, -0.25) is 0 Å². The summed E-state index contributed by atoms with van der Waals surface area (Å²) in [5.41, 5.74) is 18.9. The Hall–Kier alpha value is -8.99. The molecule has 2 unspecified atom stereocenters. The van der Waals surface area contributed by atoms with Crippen molar-refractivity contribution in [2.45, 2.75) is 38.8 Å². The first-order chi connectivity index (χ1) is 36.6. The number of allylic oxidation sites excluding steroid dienone is 2. The molecule has 74 heavy (non-hydrogen) atoms. The number of furan rings is 2. The Kier molecular flexibility index (Phi) is 10.8. The molecule has 0 fully saturated rings. The number of benzene rings is 10. The molecule has 1 aliphatic heterocycles. The first-order valence-corrected chi connectivity index (χ1v) is 26.1. The van der Waals surface area contributed by atoms with Gasteiger partial charge in [-0.05, 0) is 94.3 Å². The van der Waals surface area contributed by atoms with Gasteiger partial charge in [-0.1, -0.05) is 195 Å². The Morgan fingerprint density at radius 2 is 1.14 bits per heavy atom. The Morgan fingerprint density at radius 3 is 1.97 bits per heavy atom. The van der Waals surface area contributed by atoms with Gasteiger partial charge in [0, 0.05) is 61.5 Å². The van der Waals surface area contributed by atoms with E-state index in [-0.39, 0.29) is 6.04 Å². The molecule has 2 atom stereocenters. The van der Waals surface area contributed by atoms with E-state index in [9.17, 15) is 0 Å². The zero-order valence-corrected chi connectivity index (χ0v) is 41.3. The zero-order valence-electron chi connectivity index (χ0n) is 41.3. The van der Waals surface area contributed by atoms with Crippen LogP contribution in [0.1, 0.15) is 48.9 Å². The van der Waals surface area contributed by atoms with Gasteiger partial charge in [0.2, 0.25) is 0 Å². The number of rotatable bonds is 9. The fraction of sp³-hybridized carbons (Fsp3) is 0.100. The van der Waals surface area contributed by atoms with E-state index in [0.29, 0.717) is 5.92 Å². The minimum atomic E-state index is 0.185. The fourth-order valence-corrected chi connectivity index (χ4v) is 12.2. The average Bonchev–Trinajstić information content (AvgIpc) is 4.18. The number of aromatic nitrogens is 1. The van der Waals surface area contributed by atoms with Gasteiger partial charge in [0.15, 0.2) is 12.6 Å². The summed E-state index contributed by atoms with van der Waals surface area (Å²) in [6, 6.07) is 83.8. The topological polar surface area (TPSA) is 34.2 Å². The minimum absolute atomic E-state index is 0.185. The third-order valence-corrected chi connectivity index (χ3v) is 15.6. The van der Waals surface area contributed by atoms with Crippen molar-refractivity contribution < 1.29 is 13.4 Å². The smallest absolute Gasteiger partial charge is 0.178 e. The molecule has 4 heterocycles. The summed E-state index contributed by atoms with van der Waals surface area (Å²) >= 11 is 0. The maximum absolute atomic E-state index is 7.14. The largest absolute Gasteiger partial charge is 0.456 e. The summed E-state index contributed by atoms with van der Waals surface area (Å²) in [5, 5.41) is 6.77. The van der Waals surface area contributed by atoms with Gasteiger partial charge in [-0.25, -0.2) is 4.58 Å². The molecule has 0 saturated heterocycles. The lowest BCUT2D eigenvalue weighted by atomic mass is 9.87. The van der Waals surface area contributed by atoms with Crippen LogP contribution in [0.2, 0.25) is 0 Å². The molecule has 0 spiro atoms. The van der Waals surface area contributed by atoms with E-state index in [1.165, 1.54) is 49.7 Å². The second-order valence-corrected chi connectivity index (χ2v) is 19.9. The molecule has 4 nitrogen and oxygen atoms in total. The first-order valence-electron chi connectivity index (χ1n) is 26.1. The van der Waals surface area contributed by atoms with E-state index in [0.717, 1.165) is 103 Å². The van der Waals surface area contributed by atoms with Gasteiger partial charge in [-0.2, -0.15) is 0 Å². The summed E-state index contributed by atoms with van der Waals surface area (Å²) in [6.45, 7) is 3.16. The van der Waals surface area contributed by atoms with E-state index in [4.69, 9.17) is 8.83 Å². The van der Waals surface area contributed by atoms with Crippen LogP contribution in [0.5, 0.6) is 0 Å². The van der Waals surface area contributed by atoms with Crippen LogP contribution in [0.4, 0.5) is 0 Å². The molecule has 0 N–H and O–H groups in total. The van der Waals surface area contributed by atoms with Crippen molar-refractivity contribution in [1.82, 2.24) is 4.57 Å². The van der Waals surface area contributed by atoms with Gasteiger partial charge in [0.05, 0.1) is 22.6 Å². The van der Waals surface area contributed by atoms with E-state index >= 15 is 0 Å². The maximum Gasteiger partial charge on any atom is 0.178 e. The fourth-order valence-electron chi connectivity index (χ4n) is 12.2. The van der Waals surface area contributed by atoms with Crippen LogP contribution in [0.3, 0.4) is 0 Å². The summed E-state index contributed by atoms with van der Waals surface area (Å²) in [6.07, 6.45) is 8.06. The Morgan fingerprint density at radius 1 is 0.473 bits per heavy atom. The lowest BCUT2D eigenvalue weighted by molar-refractivity contribution is -0.586. The van der Waals surface area contributed by atoms with Crippen molar-refractivity contribution in [3.8, 4) is 39.1 Å². The molecule has 1 aliphatic rings. The third kappa shape index (κ3) is 7.48. The second kappa shape index (κ2) is 18.2. The molecular weight excluding hydrogens is 901 g/mol. The third-order valence-electron chi connectivity index (χ3n) is 15.6. The monoisotopic (exact) mass is 953 g/mol. The number of fused-ring (bicyclic) bond motifs is 9. The molecule has 0 saturated carbocycles. The molecule has 0 radical (unpaired) electrons. The number of hydrogen-bond acceptors (Lipinski definition) is 2. The minimum Gasteiger partial charge on any atom is -0.456 e. The van der Waals surface area contributed by atoms with Gasteiger partial charge < -0.3 is 13.4 Å². The van der Waals surface area contributed by atoms with E-state index < -0.39 is 0 Å². The van der Waals surface area contributed by atoms with Crippen molar-refractivity contribution in [3.05, 3.63) is 253 Å². The lowest BCUT2D eigenvalue weighted by Crippen LogP contribution is -2.25. The van der Waals surface area contributed by atoms with Crippen LogP contribution in [0.15, 0.2) is 245 Å². The summed E-state index contributed by atoms with van der Waals surface area (Å²) in [4.78, 5) is 0. The van der Waals surface area contributed by atoms with Crippen LogP contribution in [-0.2, 0) is 6.54 Å². The molecule has 4 heteroatoms. The van der Waals surface area contributed by atoms with Crippen molar-refractivity contribution in [2.24, 2.45) is 5.92 Å². The number of nitrogens with zero attached hydrogens (tertiary/aromatic N) is 2. The molecule has 0 bridgehead atoms. The van der Waals surface area contributed by atoms with Gasteiger partial charge >= 0.3 is 0 Å². The quantitative estimate of drug-likeness (QED) is 0.135. The first kappa shape index (κ1) is 43.8. The molecule has 3 aromatic heterocycles. The Balaban J connectivity index is 0.917. The van der Waals surface area contributed by atoms with Crippen LogP contribution >= 0.6 is 0 Å². The lowest BCUT2D eigenvalue weighted by Gasteiger charge is -2.23. The molecule has 0 amide bonds. The highest BCUT2D eigenvalue weighted by Crippen LogP contribution is 2.46. The highest BCUT2D eigenvalue weighted by Gasteiger charge is 2.29. The average molecular weight is 954 g/mol. The highest BCUT2D eigenvalue weighted by molar-refractivity contribution is 6.20. The molecule has 0 aliphatic carbocycles. The van der Waals surface area contributed by atoms with Crippen LogP contribution in [0, 0.1) is 5.92 Å². The van der Waals surface area contributed by atoms with Gasteiger partial charge in [-0.15, -0.1) is 0 Å². The van der Waals surface area contributed by atoms with Crippen LogP contribution in [0.25, 0.3) is 110 Å². The SMILES string of the molecule is CCC1/C=[N+](/Cc2ccccc2)C(c2cccc(-c3cccc4oc5c(-c6cc(-n7c8ccccc8c8cc(-c9ccccc9)ccc87)cc7oc8ccccc8c67)cccc5c34)c2)CC/C=C\1c1ccccc1. The summed E-state index contributed by atoms with van der Waals surface area (Å²) in [7, 11) is 0. The van der Waals surface area contributed by atoms with Crippen LogP contribution in [-0.4, -0.2) is 15.4 Å². The molecule has 13 aromatic rings. The standard InChI is InChI=1S/C70H53N2O2/c1-2-47-45-71(44-46-20-6-3-7-21-46)62(35-18-30-54(47)49-24-10-5-11-25-49)52-27-16-26-51(40-52)55-31-19-37-66-68(55)59-33-17-32-57(70(59)74-66)61-42-53(43-67-69(61)58-29-13-15-36-65(58)73-67)72-63-34-14-12-28-56(63)60-41-50(38-39-64(60)72)48-22-8-4-9-23-48/h3-17,19-34,36-43,45,47,62H,2,18,35,44H2,1H3/q+1/b54-30+,71-45-. The highest BCUT2D eigenvalue weighted by atomic mass is 16.3. The predicted octanol–water partition coefficient (Wildman–Crippen LogP) is 18.8. The van der Waals surface area contributed by atoms with Gasteiger partial charge in [0.25, 0.3) is 0 Å². The molecular formula is C70H53N2O2+. The van der Waals surface area contributed by atoms with Crippen molar-refractivity contribution in [1.29, 1.82) is 0 Å². The second-order valence-electron chi connectivity index (χ2n) is 19.9. The summed E-state index contributed by atoms with van der Waals surface area (Å²) in [5.74, 6) is 0.296. The molecule has 10 aromatic carbocycles. The zero-order chi connectivity index (χ0) is 49.1. The summed E-state index contributed by atoms with van der Waals surface area (Å²) < 4.78 is 19.0. The van der Waals surface area contributed by atoms with E-state index in [1.54, 1.807) is 0 Å². The van der Waals surface area contributed by atoms with E-state index in [2.05, 4.69) is 259 Å². The molecule has 14 rings (SSSR count). The van der Waals surface area contributed by atoms with Crippen molar-refractivity contribution >= 4 is 77.5 Å². The Labute approximate surface area is 430 Å². The molecule has 354 valence electrons. The van der Waals surface area contributed by atoms with Gasteiger partial charge in [0.1, 0.15) is 28.5 Å². The van der Waals surface area contributed by atoms with Crippen LogP contribution < -0.4 is 0 Å². The van der Waals surface area contributed by atoms with Crippen molar-refractivity contribution in [3.63, 3.8) is 0 Å². The van der Waals surface area contributed by atoms with Crippen molar-refractivity contribution in [2.75, 3.05) is 0 Å². The number of hydrogen-bond donors (Lipinski definition) is 0. The predicted molar refractivity (Wildman–Crippen MR) is 308 cm³/mol. The van der Waals surface area contributed by atoms with E-state index in [1.807, 2.05) is 0 Å².